The van der Waals surface area contributed by atoms with Gasteiger partial charge in [0.25, 0.3) is 5.91 Å². The average molecular weight is 513 g/mol. The number of likely N-dealkylation sites (N-methyl/N-ethyl adjacent to an activating group) is 1. The lowest BCUT2D eigenvalue weighted by molar-refractivity contribution is -0.121. The lowest BCUT2D eigenvalue weighted by atomic mass is 9.92. The fourth-order valence-corrected chi connectivity index (χ4v) is 5.02. The number of hydrogen-bond donors (Lipinski definition) is 1. The Hall–Kier alpha value is -3.96. The lowest BCUT2D eigenvalue weighted by Crippen LogP contribution is -2.52. The van der Waals surface area contributed by atoms with Crippen LogP contribution in [0.15, 0.2) is 84.9 Å². The van der Waals surface area contributed by atoms with Crippen molar-refractivity contribution >= 4 is 28.9 Å². The number of hydrogen-bond acceptors (Lipinski definition) is 4. The summed E-state index contributed by atoms with van der Waals surface area (Å²) in [5.74, 6) is 1.40. The zero-order valence-electron chi connectivity index (χ0n) is 21.3. The molecule has 1 heterocycles. The molecule has 188 valence electrons. The van der Waals surface area contributed by atoms with Crippen molar-refractivity contribution in [3.8, 4) is 33.8 Å². The summed E-state index contributed by atoms with van der Waals surface area (Å²) in [6.07, 6.45) is 0. The highest BCUT2D eigenvalue weighted by atomic mass is 35.5. The van der Waals surface area contributed by atoms with E-state index in [9.17, 15) is 4.79 Å². The Labute approximate surface area is 222 Å². The van der Waals surface area contributed by atoms with Crippen molar-refractivity contribution in [2.45, 2.75) is 26.0 Å². The van der Waals surface area contributed by atoms with Gasteiger partial charge in [-0.3, -0.25) is 4.79 Å². The minimum absolute atomic E-state index is 0.0244. The van der Waals surface area contributed by atoms with Crippen LogP contribution in [0.4, 0.5) is 11.4 Å². The molecule has 0 aromatic heterocycles. The van der Waals surface area contributed by atoms with Gasteiger partial charge in [-0.25, -0.2) is 0 Å². The third-order valence-corrected chi connectivity index (χ3v) is 6.94. The van der Waals surface area contributed by atoms with Gasteiger partial charge in [0.15, 0.2) is 0 Å². The topological polar surface area (TPSA) is 50.8 Å². The first-order valence-electron chi connectivity index (χ1n) is 12.1. The summed E-state index contributed by atoms with van der Waals surface area (Å²) in [7, 11) is 3.44. The number of carbonyl (C=O) groups is 1. The van der Waals surface area contributed by atoms with Crippen LogP contribution in [0.25, 0.3) is 22.3 Å². The first-order valence-corrected chi connectivity index (χ1v) is 12.5. The van der Waals surface area contributed by atoms with E-state index in [4.69, 9.17) is 21.1 Å². The molecule has 0 atom stereocenters. The van der Waals surface area contributed by atoms with E-state index in [1.807, 2.05) is 80.6 Å². The highest BCUT2D eigenvalue weighted by Gasteiger charge is 2.38. The van der Waals surface area contributed by atoms with Crippen molar-refractivity contribution in [3.63, 3.8) is 0 Å². The first-order chi connectivity index (χ1) is 17.8. The van der Waals surface area contributed by atoms with Crippen LogP contribution < -0.4 is 19.7 Å². The Morgan fingerprint density at radius 1 is 0.892 bits per heavy atom. The van der Waals surface area contributed by atoms with E-state index in [-0.39, 0.29) is 12.5 Å². The van der Waals surface area contributed by atoms with Gasteiger partial charge in [-0.05, 0) is 66.9 Å². The first kappa shape index (κ1) is 24.7. The molecule has 0 fully saturated rings. The number of rotatable bonds is 6. The zero-order chi connectivity index (χ0) is 26.2. The van der Waals surface area contributed by atoms with Crippen LogP contribution in [0.3, 0.4) is 0 Å². The largest absolute Gasteiger partial charge is 0.496 e. The fourth-order valence-electron chi connectivity index (χ4n) is 4.85. The number of ether oxygens (including phenoxy) is 2. The molecule has 5 nitrogen and oxygen atoms in total. The summed E-state index contributed by atoms with van der Waals surface area (Å²) in [4.78, 5) is 14.9. The molecule has 0 unspecified atom stereocenters. The maximum atomic E-state index is 13.2. The number of anilines is 2. The maximum Gasteiger partial charge on any atom is 0.251 e. The van der Waals surface area contributed by atoms with Gasteiger partial charge in [0.1, 0.15) is 23.6 Å². The van der Waals surface area contributed by atoms with Crippen molar-refractivity contribution in [2.24, 2.45) is 0 Å². The Bertz CT molecular complexity index is 1450. The minimum Gasteiger partial charge on any atom is -0.496 e. The van der Waals surface area contributed by atoms with E-state index in [0.29, 0.717) is 10.8 Å². The molecule has 1 N–H and O–H groups in total. The van der Waals surface area contributed by atoms with Crippen LogP contribution in [0.5, 0.6) is 11.5 Å². The molecule has 1 aliphatic heterocycles. The molecule has 6 heteroatoms. The summed E-state index contributed by atoms with van der Waals surface area (Å²) < 4.78 is 12.0. The number of nitrogens with zero attached hydrogens (tertiary/aromatic N) is 1. The Balaban J connectivity index is 1.56. The van der Waals surface area contributed by atoms with E-state index in [1.54, 1.807) is 25.1 Å². The van der Waals surface area contributed by atoms with E-state index in [1.165, 1.54) is 0 Å². The molecule has 1 aliphatic rings. The molecule has 0 saturated carbocycles. The molecular weight excluding hydrogens is 484 g/mol. The highest BCUT2D eigenvalue weighted by molar-refractivity contribution is 6.31. The molecule has 4 aromatic carbocycles. The SMILES string of the molecule is COc1ccc(Cl)cc1-c1ccc2c(c1COc1ccc(-c3ccccc3)cc1)N(C)C(=O)C(C)(C)N2. The number of nitrogens with one attached hydrogen (secondary N) is 1. The zero-order valence-corrected chi connectivity index (χ0v) is 22.1. The molecule has 0 aliphatic carbocycles. The third-order valence-electron chi connectivity index (χ3n) is 6.70. The Kier molecular flexibility index (Phi) is 6.57. The summed E-state index contributed by atoms with van der Waals surface area (Å²) in [6.45, 7) is 4.01. The summed E-state index contributed by atoms with van der Waals surface area (Å²) >= 11 is 6.38. The van der Waals surface area contributed by atoms with Crippen LogP contribution >= 0.6 is 11.6 Å². The molecule has 0 spiro atoms. The van der Waals surface area contributed by atoms with Crippen LogP contribution in [0, 0.1) is 0 Å². The second-order valence-corrected chi connectivity index (χ2v) is 10.1. The highest BCUT2D eigenvalue weighted by Crippen LogP contribution is 2.44. The third kappa shape index (κ3) is 4.75. The number of amides is 1. The van der Waals surface area contributed by atoms with Gasteiger partial charge in [0.2, 0.25) is 0 Å². The van der Waals surface area contributed by atoms with Crippen molar-refractivity contribution < 1.29 is 14.3 Å². The van der Waals surface area contributed by atoms with Crippen molar-refractivity contribution in [2.75, 3.05) is 24.4 Å². The summed E-state index contributed by atoms with van der Waals surface area (Å²) in [6, 6.07) is 27.8. The number of halogens is 1. The van der Waals surface area contributed by atoms with Gasteiger partial charge in [-0.2, -0.15) is 0 Å². The normalized spacial score (nSPS) is 14.1. The van der Waals surface area contributed by atoms with Crippen molar-refractivity contribution in [1.82, 2.24) is 0 Å². The second-order valence-electron chi connectivity index (χ2n) is 9.63. The molecule has 37 heavy (non-hydrogen) atoms. The fraction of sp³-hybridized carbons (Fsp3) is 0.194. The molecule has 4 aromatic rings. The summed E-state index contributed by atoms with van der Waals surface area (Å²) in [5, 5.41) is 3.99. The van der Waals surface area contributed by atoms with Crippen LogP contribution in [-0.2, 0) is 11.4 Å². The van der Waals surface area contributed by atoms with Crippen LogP contribution in [0.1, 0.15) is 19.4 Å². The van der Waals surface area contributed by atoms with Gasteiger partial charge in [0, 0.05) is 23.2 Å². The van der Waals surface area contributed by atoms with E-state index >= 15 is 0 Å². The van der Waals surface area contributed by atoms with Gasteiger partial charge in [-0.1, -0.05) is 60.1 Å². The number of benzene rings is 4. The van der Waals surface area contributed by atoms with Gasteiger partial charge in [-0.15, -0.1) is 0 Å². The van der Waals surface area contributed by atoms with Gasteiger partial charge >= 0.3 is 0 Å². The average Bonchev–Trinajstić information content (AvgIpc) is 2.91. The van der Waals surface area contributed by atoms with E-state index in [0.717, 1.165) is 44.9 Å². The minimum atomic E-state index is -0.720. The predicted molar refractivity (Wildman–Crippen MR) is 151 cm³/mol. The van der Waals surface area contributed by atoms with E-state index in [2.05, 4.69) is 17.4 Å². The smallest absolute Gasteiger partial charge is 0.251 e. The summed E-state index contributed by atoms with van der Waals surface area (Å²) in [5.41, 5.74) is 5.79. The number of methoxy groups -OCH3 is 1. The number of fused-ring (bicyclic) bond motifs is 1. The van der Waals surface area contributed by atoms with Crippen molar-refractivity contribution in [1.29, 1.82) is 0 Å². The van der Waals surface area contributed by atoms with Crippen molar-refractivity contribution in [3.05, 3.63) is 95.5 Å². The van der Waals surface area contributed by atoms with Gasteiger partial charge < -0.3 is 19.7 Å². The van der Waals surface area contributed by atoms with E-state index < -0.39 is 5.54 Å². The van der Waals surface area contributed by atoms with Crippen LogP contribution in [-0.4, -0.2) is 25.6 Å². The standard InChI is InChI=1S/C31H29ClN2O3/c1-31(2)30(35)34(3)29-26(19-37-23-13-10-21(11-14-23)20-8-6-5-7-9-20)24(15-16-27(29)33-31)25-18-22(32)12-17-28(25)36-4/h5-18,33H,19H2,1-4H3. The molecule has 0 bridgehead atoms. The monoisotopic (exact) mass is 512 g/mol. The quantitative estimate of drug-likeness (QED) is 0.292. The lowest BCUT2D eigenvalue weighted by Gasteiger charge is -2.39. The molecule has 1 amide bonds. The maximum absolute atomic E-state index is 13.2. The predicted octanol–water partition coefficient (Wildman–Crippen LogP) is 7.43. The van der Waals surface area contributed by atoms with Crippen LogP contribution in [0.2, 0.25) is 5.02 Å². The number of carbonyl (C=O) groups excluding carboxylic acids is 1. The molecule has 0 saturated heterocycles. The molecule has 5 rings (SSSR count). The molecular formula is C31H29ClN2O3. The Morgan fingerprint density at radius 2 is 1.59 bits per heavy atom. The second kappa shape index (κ2) is 9.83. The molecule has 0 radical (unpaired) electrons. The van der Waals surface area contributed by atoms with Gasteiger partial charge in [0.05, 0.1) is 18.5 Å². The Morgan fingerprint density at radius 3 is 2.30 bits per heavy atom.